The van der Waals surface area contributed by atoms with Gasteiger partial charge in [0.1, 0.15) is 5.82 Å². The first-order valence-electron chi connectivity index (χ1n) is 6.70. The van der Waals surface area contributed by atoms with E-state index in [-0.39, 0.29) is 23.1 Å². The number of hydrogen-bond donors (Lipinski definition) is 2. The minimum Gasteiger partial charge on any atom is -0.322 e. The molecule has 1 fully saturated rings. The molecule has 1 aromatic rings. The van der Waals surface area contributed by atoms with Crippen LogP contribution >= 0.6 is 0 Å². The van der Waals surface area contributed by atoms with Crippen LogP contribution in [0.25, 0.3) is 0 Å². The maximum atomic E-state index is 13.7. The van der Waals surface area contributed by atoms with Crippen LogP contribution in [-0.4, -0.2) is 18.5 Å². The fraction of sp³-hybridized carbons (Fsp3) is 0.533. The fourth-order valence-corrected chi connectivity index (χ4v) is 2.60. The first kappa shape index (κ1) is 14.0. The molecular formula is C15H21FN2O. The monoisotopic (exact) mass is 264 g/mol. The molecule has 0 spiro atoms. The van der Waals surface area contributed by atoms with Gasteiger partial charge in [-0.3, -0.25) is 4.79 Å². The summed E-state index contributed by atoms with van der Waals surface area (Å²) in [6.45, 7) is 6.84. The first-order valence-corrected chi connectivity index (χ1v) is 6.70. The van der Waals surface area contributed by atoms with Gasteiger partial charge < -0.3 is 10.6 Å². The lowest BCUT2D eigenvalue weighted by atomic mass is 9.77. The number of nitrogens with one attached hydrogen (secondary N) is 2. The molecule has 1 aliphatic rings. The van der Waals surface area contributed by atoms with Gasteiger partial charge in [-0.15, -0.1) is 0 Å². The van der Waals surface area contributed by atoms with Crippen LogP contribution in [0.4, 0.5) is 10.1 Å². The Balaban J connectivity index is 2.14. The summed E-state index contributed by atoms with van der Waals surface area (Å²) in [7, 11) is 0. The van der Waals surface area contributed by atoms with E-state index >= 15 is 0 Å². The molecule has 0 bridgehead atoms. The van der Waals surface area contributed by atoms with E-state index in [2.05, 4.69) is 24.5 Å². The lowest BCUT2D eigenvalue weighted by Crippen LogP contribution is -2.53. The summed E-state index contributed by atoms with van der Waals surface area (Å²) in [4.78, 5) is 12.3. The van der Waals surface area contributed by atoms with Crippen molar-refractivity contribution in [3.63, 3.8) is 0 Å². The Labute approximate surface area is 113 Å². The predicted octanol–water partition coefficient (Wildman–Crippen LogP) is 2.85. The number of benzene rings is 1. The molecule has 104 valence electrons. The van der Waals surface area contributed by atoms with Crippen LogP contribution in [0, 0.1) is 18.2 Å². The number of rotatable bonds is 2. The zero-order valence-electron chi connectivity index (χ0n) is 11.7. The van der Waals surface area contributed by atoms with Crippen molar-refractivity contribution in [2.75, 3.05) is 11.9 Å². The van der Waals surface area contributed by atoms with E-state index in [1.165, 1.54) is 6.07 Å². The number of aryl methyl sites for hydroxylation is 1. The van der Waals surface area contributed by atoms with Crippen LogP contribution in [0.2, 0.25) is 0 Å². The Bertz CT molecular complexity index is 485. The van der Waals surface area contributed by atoms with E-state index in [0.29, 0.717) is 0 Å². The normalized spacial score (nSPS) is 22.0. The molecule has 2 N–H and O–H groups in total. The third-order valence-electron chi connectivity index (χ3n) is 3.77. The molecule has 3 nitrogen and oxygen atoms in total. The number of hydrogen-bond acceptors (Lipinski definition) is 2. The number of amides is 1. The average Bonchev–Trinajstić information content (AvgIpc) is 2.33. The lowest BCUT2D eigenvalue weighted by molar-refractivity contribution is -0.121. The minimum absolute atomic E-state index is 0.108. The minimum atomic E-state index is -0.396. The highest BCUT2D eigenvalue weighted by atomic mass is 19.1. The second-order valence-electron chi connectivity index (χ2n) is 5.95. The standard InChI is InChI=1S/C15H21FN2O/c1-10-5-6-11(16)12(9-10)18-14(19)13-15(2,3)7-4-8-17-13/h5-6,9,13,17H,4,7-8H2,1-3H3,(H,18,19). The Morgan fingerprint density at radius 2 is 2.21 bits per heavy atom. The van der Waals surface area contributed by atoms with Gasteiger partial charge in [0.05, 0.1) is 11.7 Å². The van der Waals surface area contributed by atoms with E-state index in [9.17, 15) is 9.18 Å². The van der Waals surface area contributed by atoms with Crippen molar-refractivity contribution in [2.45, 2.75) is 39.7 Å². The van der Waals surface area contributed by atoms with Gasteiger partial charge in [0.2, 0.25) is 5.91 Å². The van der Waals surface area contributed by atoms with Crippen molar-refractivity contribution < 1.29 is 9.18 Å². The first-order chi connectivity index (χ1) is 8.90. The number of halogens is 1. The van der Waals surface area contributed by atoms with Gasteiger partial charge in [0.15, 0.2) is 0 Å². The molecule has 1 aliphatic heterocycles. The summed E-state index contributed by atoms with van der Waals surface area (Å²) in [6, 6.07) is 4.45. The second-order valence-corrected chi connectivity index (χ2v) is 5.95. The molecule has 1 amide bonds. The molecule has 0 aromatic heterocycles. The summed E-state index contributed by atoms with van der Waals surface area (Å²) in [5.41, 5.74) is 1.07. The maximum Gasteiger partial charge on any atom is 0.242 e. The summed E-state index contributed by atoms with van der Waals surface area (Å²) < 4.78 is 13.7. The van der Waals surface area contributed by atoms with Crippen molar-refractivity contribution >= 4 is 11.6 Å². The smallest absolute Gasteiger partial charge is 0.242 e. The Morgan fingerprint density at radius 1 is 1.47 bits per heavy atom. The maximum absolute atomic E-state index is 13.7. The largest absolute Gasteiger partial charge is 0.322 e. The van der Waals surface area contributed by atoms with Crippen LogP contribution in [0.1, 0.15) is 32.3 Å². The SMILES string of the molecule is Cc1ccc(F)c(NC(=O)C2NCCCC2(C)C)c1. The molecule has 0 radical (unpaired) electrons. The summed E-state index contributed by atoms with van der Waals surface area (Å²) in [5.74, 6) is -0.554. The fourth-order valence-electron chi connectivity index (χ4n) is 2.60. The van der Waals surface area contributed by atoms with E-state index in [4.69, 9.17) is 0 Å². The topological polar surface area (TPSA) is 41.1 Å². The zero-order chi connectivity index (χ0) is 14.0. The predicted molar refractivity (Wildman–Crippen MR) is 74.6 cm³/mol. The molecule has 19 heavy (non-hydrogen) atoms. The highest BCUT2D eigenvalue weighted by Gasteiger charge is 2.37. The number of piperidine rings is 1. The zero-order valence-corrected chi connectivity index (χ0v) is 11.7. The van der Waals surface area contributed by atoms with Gasteiger partial charge in [-0.2, -0.15) is 0 Å². The van der Waals surface area contributed by atoms with Crippen molar-refractivity contribution in [1.29, 1.82) is 0 Å². The molecule has 0 aliphatic carbocycles. The molecule has 2 rings (SSSR count). The van der Waals surface area contributed by atoms with Crippen molar-refractivity contribution in [3.8, 4) is 0 Å². The lowest BCUT2D eigenvalue weighted by Gasteiger charge is -2.38. The van der Waals surface area contributed by atoms with Gasteiger partial charge in [-0.05, 0) is 49.4 Å². The van der Waals surface area contributed by atoms with Crippen LogP contribution < -0.4 is 10.6 Å². The third-order valence-corrected chi connectivity index (χ3v) is 3.77. The quantitative estimate of drug-likeness (QED) is 0.862. The highest BCUT2D eigenvalue weighted by Crippen LogP contribution is 2.31. The Kier molecular flexibility index (Phi) is 3.90. The van der Waals surface area contributed by atoms with Crippen LogP contribution in [0.15, 0.2) is 18.2 Å². The number of carbonyl (C=O) groups excluding carboxylic acids is 1. The molecular weight excluding hydrogens is 243 g/mol. The molecule has 1 heterocycles. The summed E-state index contributed by atoms with van der Waals surface area (Å²) in [6.07, 6.45) is 2.06. The highest BCUT2D eigenvalue weighted by molar-refractivity contribution is 5.95. The molecule has 1 unspecified atom stereocenters. The van der Waals surface area contributed by atoms with Gasteiger partial charge >= 0.3 is 0 Å². The van der Waals surface area contributed by atoms with Gasteiger partial charge in [0.25, 0.3) is 0 Å². The molecule has 1 atom stereocenters. The van der Waals surface area contributed by atoms with Crippen molar-refractivity contribution in [1.82, 2.24) is 5.32 Å². The van der Waals surface area contributed by atoms with E-state index < -0.39 is 5.82 Å². The van der Waals surface area contributed by atoms with Gasteiger partial charge in [0, 0.05) is 0 Å². The Hall–Kier alpha value is -1.42. The van der Waals surface area contributed by atoms with Crippen LogP contribution in [0.3, 0.4) is 0 Å². The molecule has 0 saturated carbocycles. The molecule has 1 aromatic carbocycles. The van der Waals surface area contributed by atoms with Gasteiger partial charge in [-0.1, -0.05) is 19.9 Å². The second kappa shape index (κ2) is 5.29. The average molecular weight is 264 g/mol. The van der Waals surface area contributed by atoms with Crippen molar-refractivity contribution in [3.05, 3.63) is 29.6 Å². The summed E-state index contributed by atoms with van der Waals surface area (Å²) >= 11 is 0. The number of anilines is 1. The third kappa shape index (κ3) is 3.13. The van der Waals surface area contributed by atoms with E-state index in [1.807, 2.05) is 6.92 Å². The van der Waals surface area contributed by atoms with Crippen molar-refractivity contribution in [2.24, 2.45) is 5.41 Å². The van der Waals surface area contributed by atoms with Crippen LogP contribution in [0.5, 0.6) is 0 Å². The summed E-state index contributed by atoms with van der Waals surface area (Å²) in [5, 5.41) is 5.93. The Morgan fingerprint density at radius 3 is 2.89 bits per heavy atom. The van der Waals surface area contributed by atoms with E-state index in [0.717, 1.165) is 24.9 Å². The van der Waals surface area contributed by atoms with E-state index in [1.54, 1.807) is 12.1 Å². The van der Waals surface area contributed by atoms with Gasteiger partial charge in [-0.25, -0.2) is 4.39 Å². The van der Waals surface area contributed by atoms with Crippen LogP contribution in [-0.2, 0) is 4.79 Å². The number of carbonyl (C=O) groups is 1. The molecule has 1 saturated heterocycles. The molecule has 4 heteroatoms.